The fourth-order valence-corrected chi connectivity index (χ4v) is 10.2. The molecular formula is C27H16Br8O4. The van der Waals surface area contributed by atoms with E-state index < -0.39 is 5.41 Å². The lowest BCUT2D eigenvalue weighted by molar-refractivity contribution is 0.466. The highest BCUT2D eigenvalue weighted by Gasteiger charge is 2.37. The van der Waals surface area contributed by atoms with E-state index in [0.717, 1.165) is 11.1 Å². The molecule has 0 fully saturated rings. The number of hydrogen-bond acceptors (Lipinski definition) is 4. The molecule has 0 aliphatic heterocycles. The summed E-state index contributed by atoms with van der Waals surface area (Å²) in [5.41, 5.74) is 2.94. The Labute approximate surface area is 292 Å². The van der Waals surface area contributed by atoms with Gasteiger partial charge in [0.15, 0.2) is 0 Å². The Balaban J connectivity index is 2.16. The molecule has 0 amide bonds. The van der Waals surface area contributed by atoms with Gasteiger partial charge in [-0.3, -0.25) is 0 Å². The molecule has 0 aromatic heterocycles. The van der Waals surface area contributed by atoms with E-state index in [1.807, 2.05) is 13.8 Å². The van der Waals surface area contributed by atoms with Crippen molar-refractivity contribution in [3.05, 3.63) is 83.3 Å². The topological polar surface area (TPSA) is 80.9 Å². The van der Waals surface area contributed by atoms with E-state index >= 15 is 0 Å². The largest absolute Gasteiger partial charge is 0.506 e. The zero-order chi connectivity index (χ0) is 29.1. The van der Waals surface area contributed by atoms with Gasteiger partial charge in [-0.2, -0.15) is 0 Å². The van der Waals surface area contributed by atoms with Crippen LogP contribution in [0.25, 0.3) is 22.3 Å². The first-order chi connectivity index (χ1) is 18.1. The van der Waals surface area contributed by atoms with Crippen LogP contribution in [0.4, 0.5) is 0 Å². The van der Waals surface area contributed by atoms with Crippen molar-refractivity contribution in [1.82, 2.24) is 0 Å². The quantitative estimate of drug-likeness (QED) is 0.164. The summed E-state index contributed by atoms with van der Waals surface area (Å²) >= 11 is 28.0. The molecule has 0 saturated heterocycles. The maximum Gasteiger partial charge on any atom is 0.143 e. The van der Waals surface area contributed by atoms with Crippen LogP contribution in [0.2, 0.25) is 0 Å². The Bertz CT molecular complexity index is 1500. The molecule has 39 heavy (non-hydrogen) atoms. The summed E-state index contributed by atoms with van der Waals surface area (Å²) in [6.07, 6.45) is 0. The maximum absolute atomic E-state index is 11.4. The van der Waals surface area contributed by atoms with Crippen LogP contribution < -0.4 is 0 Å². The second-order valence-electron chi connectivity index (χ2n) is 9.08. The van der Waals surface area contributed by atoms with Crippen molar-refractivity contribution in [2.24, 2.45) is 0 Å². The molecule has 4 rings (SSSR count). The smallest absolute Gasteiger partial charge is 0.143 e. The standard InChI is InChI=1S/C27H16Br8O4/c1-27(2,21-11(28)7-17(34)25(38)19(21)9-3-13(30)23(36)14(31)4-9)22-12(29)8-18(35)26(39)20(22)10-5-15(32)24(37)16(33)6-10/h3-8,36-39H,1-2H3. The SMILES string of the molecule is CC(C)(c1c(Br)cc(Br)c(O)c1-c1cc(Br)c(O)c(Br)c1)c1c(Br)cc(Br)c(O)c1-c1cc(Br)c(O)c(Br)c1. The average Bonchev–Trinajstić information content (AvgIpc) is 2.84. The minimum Gasteiger partial charge on any atom is -0.506 e. The molecule has 0 atom stereocenters. The van der Waals surface area contributed by atoms with Crippen LogP contribution in [0, 0.1) is 0 Å². The lowest BCUT2D eigenvalue weighted by Gasteiger charge is -2.34. The molecule has 4 aromatic carbocycles. The van der Waals surface area contributed by atoms with Gasteiger partial charge in [-0.25, -0.2) is 0 Å². The van der Waals surface area contributed by atoms with Crippen molar-refractivity contribution in [1.29, 1.82) is 0 Å². The van der Waals surface area contributed by atoms with Crippen LogP contribution in [0.5, 0.6) is 23.0 Å². The van der Waals surface area contributed by atoms with E-state index in [4.69, 9.17) is 0 Å². The van der Waals surface area contributed by atoms with Gasteiger partial charge in [0.05, 0.1) is 26.8 Å². The second kappa shape index (κ2) is 11.9. The molecule has 0 aliphatic carbocycles. The van der Waals surface area contributed by atoms with Gasteiger partial charge in [-0.1, -0.05) is 45.7 Å². The van der Waals surface area contributed by atoms with E-state index in [2.05, 4.69) is 127 Å². The minimum atomic E-state index is -0.855. The van der Waals surface area contributed by atoms with Crippen LogP contribution in [0.15, 0.2) is 72.2 Å². The van der Waals surface area contributed by atoms with Crippen LogP contribution in [-0.2, 0) is 5.41 Å². The number of halogens is 8. The Morgan fingerprint density at radius 2 is 0.667 bits per heavy atom. The third-order valence-electron chi connectivity index (χ3n) is 6.27. The molecular weight excluding hydrogens is 1030 g/mol. The zero-order valence-corrected chi connectivity index (χ0v) is 32.5. The fourth-order valence-electron chi connectivity index (χ4n) is 4.55. The Kier molecular flexibility index (Phi) is 9.71. The number of hydrogen-bond donors (Lipinski definition) is 4. The van der Waals surface area contributed by atoms with Gasteiger partial charge in [0, 0.05) is 25.5 Å². The van der Waals surface area contributed by atoms with Gasteiger partial charge in [0.1, 0.15) is 23.0 Å². The normalized spacial score (nSPS) is 11.7. The summed E-state index contributed by atoms with van der Waals surface area (Å²) in [7, 11) is 0. The van der Waals surface area contributed by atoms with E-state index in [1.54, 1.807) is 36.4 Å². The van der Waals surface area contributed by atoms with Crippen LogP contribution >= 0.6 is 127 Å². The summed E-state index contributed by atoms with van der Waals surface area (Å²) in [6.45, 7) is 3.99. The molecule has 0 unspecified atom stereocenters. The summed E-state index contributed by atoms with van der Waals surface area (Å²) in [5.74, 6) is 0.110. The molecule has 0 spiro atoms. The minimum absolute atomic E-state index is 0.0138. The number of aromatic hydroxyl groups is 4. The van der Waals surface area contributed by atoms with Gasteiger partial charge in [-0.05, 0) is 154 Å². The maximum atomic E-state index is 11.4. The molecule has 0 heterocycles. The highest BCUT2D eigenvalue weighted by molar-refractivity contribution is 9.12. The highest BCUT2D eigenvalue weighted by atomic mass is 79.9. The first-order valence-corrected chi connectivity index (χ1v) is 17.2. The van der Waals surface area contributed by atoms with Crippen molar-refractivity contribution >= 4 is 127 Å². The molecule has 4 aromatic rings. The molecule has 0 aliphatic rings. The molecule has 0 radical (unpaired) electrons. The third-order valence-corrected chi connectivity index (χ3v) is 11.1. The van der Waals surface area contributed by atoms with Crippen molar-refractivity contribution in [3.8, 4) is 45.3 Å². The molecule has 12 heteroatoms. The predicted octanol–water partition coefficient (Wildman–Crippen LogP) is 12.3. The number of phenols is 4. The van der Waals surface area contributed by atoms with E-state index in [9.17, 15) is 20.4 Å². The van der Waals surface area contributed by atoms with Gasteiger partial charge >= 0.3 is 0 Å². The molecule has 204 valence electrons. The lowest BCUT2D eigenvalue weighted by Crippen LogP contribution is -2.23. The summed E-state index contributed by atoms with van der Waals surface area (Å²) in [4.78, 5) is 0. The van der Waals surface area contributed by atoms with E-state index in [0.29, 0.717) is 58.0 Å². The predicted molar refractivity (Wildman–Crippen MR) is 184 cm³/mol. The van der Waals surface area contributed by atoms with E-state index in [-0.39, 0.29) is 23.0 Å². The summed E-state index contributed by atoms with van der Waals surface area (Å²) < 4.78 is 4.19. The van der Waals surface area contributed by atoms with Crippen molar-refractivity contribution in [2.45, 2.75) is 19.3 Å². The number of phenolic OH excluding ortho intramolecular Hbond substituents is 4. The summed E-state index contributed by atoms with van der Waals surface area (Å²) in [6, 6.07) is 10.5. The summed E-state index contributed by atoms with van der Waals surface area (Å²) in [5, 5.41) is 43.5. The molecule has 4 N–H and O–H groups in total. The van der Waals surface area contributed by atoms with Gasteiger partial charge in [0.2, 0.25) is 0 Å². The highest BCUT2D eigenvalue weighted by Crippen LogP contribution is 2.55. The van der Waals surface area contributed by atoms with E-state index in [1.165, 1.54) is 0 Å². The third kappa shape index (κ3) is 5.79. The Hall–Kier alpha value is -0.0800. The van der Waals surface area contributed by atoms with Crippen molar-refractivity contribution in [2.75, 3.05) is 0 Å². The first-order valence-electron chi connectivity index (χ1n) is 10.9. The molecule has 0 saturated carbocycles. The fraction of sp³-hybridized carbons (Fsp3) is 0.111. The van der Waals surface area contributed by atoms with Crippen molar-refractivity contribution in [3.63, 3.8) is 0 Å². The molecule has 4 nitrogen and oxygen atoms in total. The van der Waals surface area contributed by atoms with Crippen LogP contribution in [-0.4, -0.2) is 20.4 Å². The average molecular weight is 1040 g/mol. The van der Waals surface area contributed by atoms with Crippen LogP contribution in [0.1, 0.15) is 25.0 Å². The Morgan fingerprint density at radius 3 is 0.949 bits per heavy atom. The van der Waals surface area contributed by atoms with Gasteiger partial charge < -0.3 is 20.4 Å². The first kappa shape index (κ1) is 31.8. The van der Waals surface area contributed by atoms with Crippen molar-refractivity contribution < 1.29 is 20.4 Å². The second-order valence-corrected chi connectivity index (χ2v) is 15.9. The number of rotatable bonds is 4. The molecule has 0 bridgehead atoms. The Morgan fingerprint density at radius 1 is 0.410 bits per heavy atom. The lowest BCUT2D eigenvalue weighted by atomic mass is 9.72. The van der Waals surface area contributed by atoms with Gasteiger partial charge in [-0.15, -0.1) is 0 Å². The van der Waals surface area contributed by atoms with Crippen LogP contribution in [0.3, 0.4) is 0 Å². The zero-order valence-electron chi connectivity index (χ0n) is 19.8. The monoisotopic (exact) mass is 1040 g/mol. The van der Waals surface area contributed by atoms with Gasteiger partial charge in [0.25, 0.3) is 0 Å². The number of benzene rings is 4.